The quantitative estimate of drug-likeness (QED) is 0.350. The highest BCUT2D eigenvalue weighted by Gasteiger charge is 2.22. The van der Waals surface area contributed by atoms with E-state index < -0.39 is 0 Å². The molecule has 1 saturated heterocycles. The predicted octanol–water partition coefficient (Wildman–Crippen LogP) is 6.33. The van der Waals surface area contributed by atoms with Crippen LogP contribution in [0.5, 0.6) is 5.75 Å². The number of likely N-dealkylation sites (tertiary alicyclic amines) is 1. The largest absolute Gasteiger partial charge is 0.497 e. The molecule has 0 aliphatic carbocycles. The molecule has 3 aromatic carbocycles. The molecule has 0 spiro atoms. The first-order valence-electron chi connectivity index (χ1n) is 12.8. The number of benzene rings is 3. The summed E-state index contributed by atoms with van der Waals surface area (Å²) in [6.45, 7) is 6.92. The van der Waals surface area contributed by atoms with Gasteiger partial charge in [0, 0.05) is 36.6 Å². The summed E-state index contributed by atoms with van der Waals surface area (Å²) in [6.07, 6.45) is 1.90. The molecule has 186 valence electrons. The van der Waals surface area contributed by atoms with Crippen LogP contribution in [0.4, 0.5) is 0 Å². The molecule has 5 rings (SSSR count). The molecule has 2 heterocycles. The van der Waals surface area contributed by atoms with E-state index in [2.05, 4.69) is 34.5 Å². The second-order valence-corrected chi connectivity index (χ2v) is 8.81. The van der Waals surface area contributed by atoms with Crippen LogP contribution < -0.4 is 10.1 Å². The SMILES string of the molecule is CC.COc1ccc(-c2cc(C(=O)NC3CCN(Cc4ccccc4)CC3)c3ccccc3n2)cc1. The molecule has 36 heavy (non-hydrogen) atoms. The number of para-hydroxylation sites is 1. The Bertz CT molecular complexity index is 1260. The number of nitrogens with one attached hydrogen (secondary N) is 1. The highest BCUT2D eigenvalue weighted by Crippen LogP contribution is 2.27. The number of carbonyl (C=O) groups is 1. The van der Waals surface area contributed by atoms with E-state index in [9.17, 15) is 4.79 Å². The smallest absolute Gasteiger partial charge is 0.252 e. The average molecular weight is 482 g/mol. The van der Waals surface area contributed by atoms with Crippen molar-refractivity contribution in [2.24, 2.45) is 0 Å². The molecule has 0 saturated carbocycles. The first-order valence-corrected chi connectivity index (χ1v) is 12.8. The monoisotopic (exact) mass is 481 g/mol. The van der Waals surface area contributed by atoms with E-state index in [-0.39, 0.29) is 11.9 Å². The second kappa shape index (κ2) is 12.3. The molecule has 4 aromatic rings. The number of pyridine rings is 1. The van der Waals surface area contributed by atoms with Gasteiger partial charge in [-0.15, -0.1) is 0 Å². The van der Waals surface area contributed by atoms with E-state index in [1.54, 1.807) is 7.11 Å². The minimum Gasteiger partial charge on any atom is -0.497 e. The van der Waals surface area contributed by atoms with Crippen LogP contribution in [0.2, 0.25) is 0 Å². The first-order chi connectivity index (χ1) is 17.7. The van der Waals surface area contributed by atoms with Gasteiger partial charge in [0.15, 0.2) is 0 Å². The van der Waals surface area contributed by atoms with Crippen molar-refractivity contribution < 1.29 is 9.53 Å². The standard InChI is InChI=1S/C29H29N3O2.C2H6/c1-34-24-13-11-22(12-14-24)28-19-26(25-9-5-6-10-27(25)31-28)29(33)30-23-15-17-32(18-16-23)20-21-7-3-2-4-8-21;1-2/h2-14,19,23H,15-18,20H2,1H3,(H,30,33);1-2H3. The molecule has 1 aromatic heterocycles. The third kappa shape index (κ3) is 6.10. The van der Waals surface area contributed by atoms with Crippen molar-refractivity contribution in [1.29, 1.82) is 0 Å². The number of amides is 1. The summed E-state index contributed by atoms with van der Waals surface area (Å²) < 4.78 is 5.27. The Balaban J connectivity index is 0.00000148. The fourth-order valence-corrected chi connectivity index (χ4v) is 4.61. The number of methoxy groups -OCH3 is 1. The number of fused-ring (bicyclic) bond motifs is 1. The summed E-state index contributed by atoms with van der Waals surface area (Å²) in [5.41, 5.74) is 4.56. The highest BCUT2D eigenvalue weighted by molar-refractivity contribution is 6.07. The van der Waals surface area contributed by atoms with Crippen LogP contribution >= 0.6 is 0 Å². The Morgan fingerprint density at radius 3 is 2.31 bits per heavy atom. The summed E-state index contributed by atoms with van der Waals surface area (Å²) in [5.74, 6) is 0.760. The number of hydrogen-bond acceptors (Lipinski definition) is 4. The van der Waals surface area contributed by atoms with Crippen molar-refractivity contribution in [2.45, 2.75) is 39.3 Å². The van der Waals surface area contributed by atoms with Gasteiger partial charge in [-0.3, -0.25) is 9.69 Å². The summed E-state index contributed by atoms with van der Waals surface area (Å²) in [7, 11) is 1.65. The van der Waals surface area contributed by atoms with Crippen LogP contribution in [0.1, 0.15) is 42.6 Å². The Labute approximate surface area is 214 Å². The van der Waals surface area contributed by atoms with E-state index in [4.69, 9.17) is 9.72 Å². The van der Waals surface area contributed by atoms with Crippen molar-refractivity contribution in [3.63, 3.8) is 0 Å². The molecule has 0 radical (unpaired) electrons. The van der Waals surface area contributed by atoms with Crippen LogP contribution in [-0.4, -0.2) is 42.0 Å². The van der Waals surface area contributed by atoms with Crippen molar-refractivity contribution in [1.82, 2.24) is 15.2 Å². The molecule has 5 nitrogen and oxygen atoms in total. The van der Waals surface area contributed by atoms with Gasteiger partial charge in [-0.25, -0.2) is 4.98 Å². The molecule has 0 unspecified atom stereocenters. The number of rotatable bonds is 6. The number of carbonyl (C=O) groups excluding carboxylic acids is 1. The minimum atomic E-state index is -0.0325. The maximum atomic E-state index is 13.4. The van der Waals surface area contributed by atoms with Crippen LogP contribution in [0, 0.1) is 0 Å². The lowest BCUT2D eigenvalue weighted by Gasteiger charge is -2.32. The van der Waals surface area contributed by atoms with Crippen LogP contribution in [0.25, 0.3) is 22.2 Å². The zero-order chi connectivity index (χ0) is 25.3. The molecule has 1 aliphatic heterocycles. The second-order valence-electron chi connectivity index (χ2n) is 8.81. The third-order valence-electron chi connectivity index (χ3n) is 6.52. The number of ether oxygens (including phenoxy) is 1. The van der Waals surface area contributed by atoms with Gasteiger partial charge >= 0.3 is 0 Å². The third-order valence-corrected chi connectivity index (χ3v) is 6.52. The normalized spacial score (nSPS) is 14.1. The molecule has 0 atom stereocenters. The Morgan fingerprint density at radius 2 is 1.61 bits per heavy atom. The number of nitrogens with zero attached hydrogens (tertiary/aromatic N) is 2. The number of hydrogen-bond donors (Lipinski definition) is 1. The van der Waals surface area contributed by atoms with E-state index in [0.717, 1.165) is 60.4 Å². The van der Waals surface area contributed by atoms with Gasteiger partial charge in [0.25, 0.3) is 5.91 Å². The van der Waals surface area contributed by atoms with Gasteiger partial charge in [-0.2, -0.15) is 0 Å². The van der Waals surface area contributed by atoms with Gasteiger partial charge < -0.3 is 10.1 Å². The lowest BCUT2D eigenvalue weighted by atomic mass is 10.0. The Hall–Kier alpha value is -3.70. The van der Waals surface area contributed by atoms with E-state index in [0.29, 0.717) is 5.56 Å². The van der Waals surface area contributed by atoms with E-state index in [1.165, 1.54) is 5.56 Å². The number of piperidine rings is 1. The van der Waals surface area contributed by atoms with Crippen molar-refractivity contribution in [3.05, 3.63) is 96.1 Å². The van der Waals surface area contributed by atoms with Crippen LogP contribution in [0.15, 0.2) is 84.9 Å². The molecule has 1 amide bonds. The maximum Gasteiger partial charge on any atom is 0.252 e. The molecular formula is C31H35N3O2. The summed E-state index contributed by atoms with van der Waals surface area (Å²) >= 11 is 0. The fraction of sp³-hybridized carbons (Fsp3) is 0.290. The zero-order valence-electron chi connectivity index (χ0n) is 21.4. The van der Waals surface area contributed by atoms with Crippen molar-refractivity contribution in [3.8, 4) is 17.0 Å². The molecule has 5 heteroatoms. The fourth-order valence-electron chi connectivity index (χ4n) is 4.61. The summed E-state index contributed by atoms with van der Waals surface area (Å²) in [5, 5.41) is 4.17. The topological polar surface area (TPSA) is 54.5 Å². The highest BCUT2D eigenvalue weighted by atomic mass is 16.5. The predicted molar refractivity (Wildman–Crippen MR) is 147 cm³/mol. The molecule has 1 aliphatic rings. The van der Waals surface area contributed by atoms with Gasteiger partial charge in [-0.05, 0) is 54.8 Å². The Morgan fingerprint density at radius 1 is 0.944 bits per heavy atom. The molecule has 1 N–H and O–H groups in total. The Kier molecular flexibility index (Phi) is 8.69. The zero-order valence-corrected chi connectivity index (χ0v) is 21.4. The van der Waals surface area contributed by atoms with Crippen LogP contribution in [-0.2, 0) is 6.54 Å². The van der Waals surface area contributed by atoms with Gasteiger partial charge in [0.1, 0.15) is 5.75 Å². The summed E-state index contributed by atoms with van der Waals surface area (Å²) in [6, 6.07) is 28.2. The number of aromatic nitrogens is 1. The van der Waals surface area contributed by atoms with Gasteiger partial charge in [0.2, 0.25) is 0 Å². The average Bonchev–Trinajstić information content (AvgIpc) is 2.95. The lowest BCUT2D eigenvalue weighted by Crippen LogP contribution is -2.44. The van der Waals surface area contributed by atoms with E-state index in [1.807, 2.05) is 74.5 Å². The first kappa shape index (κ1) is 25.4. The molecule has 1 fully saturated rings. The van der Waals surface area contributed by atoms with Crippen molar-refractivity contribution in [2.75, 3.05) is 20.2 Å². The lowest BCUT2D eigenvalue weighted by molar-refractivity contribution is 0.0910. The molecule has 0 bridgehead atoms. The minimum absolute atomic E-state index is 0.0325. The van der Waals surface area contributed by atoms with E-state index >= 15 is 0 Å². The summed E-state index contributed by atoms with van der Waals surface area (Å²) in [4.78, 5) is 20.7. The van der Waals surface area contributed by atoms with Crippen LogP contribution in [0.3, 0.4) is 0 Å². The van der Waals surface area contributed by atoms with Gasteiger partial charge in [0.05, 0.1) is 23.9 Å². The van der Waals surface area contributed by atoms with Gasteiger partial charge in [-0.1, -0.05) is 62.4 Å². The van der Waals surface area contributed by atoms with Crippen molar-refractivity contribution >= 4 is 16.8 Å². The molecular weight excluding hydrogens is 446 g/mol. The maximum absolute atomic E-state index is 13.4.